The van der Waals surface area contributed by atoms with Gasteiger partial charge in [0.25, 0.3) is 5.91 Å². The van der Waals surface area contributed by atoms with E-state index >= 15 is 0 Å². The number of methoxy groups -OCH3 is 2. The molecule has 1 N–H and O–H groups in total. The van der Waals surface area contributed by atoms with Gasteiger partial charge in [-0.2, -0.15) is 0 Å². The number of nitrogens with one attached hydrogen (secondary N) is 1. The molecule has 0 aliphatic heterocycles. The number of hydrogen-bond acceptors (Lipinski definition) is 3. The summed E-state index contributed by atoms with van der Waals surface area (Å²) in [4.78, 5) is 12.6. The predicted octanol–water partition coefficient (Wildman–Crippen LogP) is 3.99. The van der Waals surface area contributed by atoms with Crippen LogP contribution >= 0.6 is 0 Å². The highest BCUT2D eigenvalue weighted by Gasteiger charge is 2.32. The molecule has 4 heteroatoms. The van der Waals surface area contributed by atoms with E-state index in [-0.39, 0.29) is 5.91 Å². The molecule has 0 fully saturated rings. The third-order valence-corrected chi connectivity index (χ3v) is 4.01. The fourth-order valence-electron chi connectivity index (χ4n) is 2.60. The SMILES string of the molecule is CCCC(C)(OC)C(=O)Nc1ccc(OC)c2ccccc12. The zero-order chi connectivity index (χ0) is 16.2. The van der Waals surface area contributed by atoms with Crippen molar-refractivity contribution < 1.29 is 14.3 Å². The summed E-state index contributed by atoms with van der Waals surface area (Å²) in [6.07, 6.45) is 1.55. The maximum atomic E-state index is 12.6. The van der Waals surface area contributed by atoms with Crippen molar-refractivity contribution in [1.29, 1.82) is 0 Å². The van der Waals surface area contributed by atoms with Crippen LogP contribution in [0.5, 0.6) is 5.75 Å². The molecule has 0 aliphatic carbocycles. The number of ether oxygens (including phenoxy) is 2. The van der Waals surface area contributed by atoms with Gasteiger partial charge in [0.05, 0.1) is 7.11 Å². The van der Waals surface area contributed by atoms with Crippen LogP contribution < -0.4 is 10.1 Å². The summed E-state index contributed by atoms with van der Waals surface area (Å²) in [5.41, 5.74) is -0.0590. The molecule has 22 heavy (non-hydrogen) atoms. The van der Waals surface area contributed by atoms with E-state index in [0.717, 1.165) is 28.6 Å². The highest BCUT2D eigenvalue weighted by Crippen LogP contribution is 2.32. The quantitative estimate of drug-likeness (QED) is 0.877. The van der Waals surface area contributed by atoms with E-state index in [2.05, 4.69) is 5.32 Å². The molecule has 0 saturated heterocycles. The maximum absolute atomic E-state index is 12.6. The van der Waals surface area contributed by atoms with Crippen molar-refractivity contribution in [3.63, 3.8) is 0 Å². The van der Waals surface area contributed by atoms with Crippen molar-refractivity contribution in [1.82, 2.24) is 0 Å². The molecule has 0 bridgehead atoms. The zero-order valence-corrected chi connectivity index (χ0v) is 13.6. The number of carbonyl (C=O) groups is 1. The van der Waals surface area contributed by atoms with Gasteiger partial charge in [-0.3, -0.25) is 4.79 Å². The second-order valence-corrected chi connectivity index (χ2v) is 5.50. The van der Waals surface area contributed by atoms with Crippen molar-refractivity contribution in [2.24, 2.45) is 0 Å². The summed E-state index contributed by atoms with van der Waals surface area (Å²) in [5.74, 6) is 0.656. The second kappa shape index (κ2) is 6.79. The predicted molar refractivity (Wildman–Crippen MR) is 89.5 cm³/mol. The molecule has 0 aromatic heterocycles. The Kier molecular flexibility index (Phi) is 5.03. The van der Waals surface area contributed by atoms with Gasteiger partial charge < -0.3 is 14.8 Å². The summed E-state index contributed by atoms with van der Waals surface area (Å²) in [6, 6.07) is 11.6. The van der Waals surface area contributed by atoms with Gasteiger partial charge in [-0.05, 0) is 25.5 Å². The van der Waals surface area contributed by atoms with E-state index in [1.165, 1.54) is 0 Å². The van der Waals surface area contributed by atoms with Gasteiger partial charge in [0.1, 0.15) is 11.4 Å². The van der Waals surface area contributed by atoms with Crippen LogP contribution in [0.25, 0.3) is 10.8 Å². The molecule has 0 heterocycles. The summed E-state index contributed by atoms with van der Waals surface area (Å²) >= 11 is 0. The first-order chi connectivity index (χ1) is 10.6. The molecule has 0 radical (unpaired) electrons. The largest absolute Gasteiger partial charge is 0.496 e. The summed E-state index contributed by atoms with van der Waals surface area (Å²) < 4.78 is 10.8. The van der Waals surface area contributed by atoms with E-state index in [9.17, 15) is 4.79 Å². The number of amides is 1. The molecule has 0 saturated carbocycles. The number of rotatable bonds is 6. The minimum Gasteiger partial charge on any atom is -0.496 e. The molecule has 4 nitrogen and oxygen atoms in total. The second-order valence-electron chi connectivity index (χ2n) is 5.50. The number of anilines is 1. The van der Waals surface area contributed by atoms with E-state index in [4.69, 9.17) is 9.47 Å². The van der Waals surface area contributed by atoms with Crippen molar-refractivity contribution in [2.45, 2.75) is 32.3 Å². The first-order valence-electron chi connectivity index (χ1n) is 7.48. The lowest BCUT2D eigenvalue weighted by Crippen LogP contribution is -2.41. The van der Waals surface area contributed by atoms with Crippen molar-refractivity contribution in [2.75, 3.05) is 19.5 Å². The number of hydrogen-bond donors (Lipinski definition) is 1. The van der Waals surface area contributed by atoms with Gasteiger partial charge >= 0.3 is 0 Å². The highest BCUT2D eigenvalue weighted by molar-refractivity contribution is 6.06. The van der Waals surface area contributed by atoms with Gasteiger partial charge in [0.2, 0.25) is 0 Å². The Hall–Kier alpha value is -2.07. The van der Waals surface area contributed by atoms with Crippen molar-refractivity contribution >= 4 is 22.4 Å². The summed E-state index contributed by atoms with van der Waals surface area (Å²) in [7, 11) is 3.21. The first-order valence-corrected chi connectivity index (χ1v) is 7.48. The van der Waals surface area contributed by atoms with Crippen molar-refractivity contribution in [3.8, 4) is 5.75 Å². The van der Waals surface area contributed by atoms with Gasteiger partial charge in [-0.25, -0.2) is 0 Å². The summed E-state index contributed by atoms with van der Waals surface area (Å²) in [6.45, 7) is 3.85. The van der Waals surface area contributed by atoms with Gasteiger partial charge in [-0.1, -0.05) is 37.6 Å². The molecule has 2 aromatic rings. The Bertz CT molecular complexity index is 668. The van der Waals surface area contributed by atoms with Crippen LogP contribution in [0.1, 0.15) is 26.7 Å². The van der Waals surface area contributed by atoms with Crippen LogP contribution in [0.2, 0.25) is 0 Å². The van der Waals surface area contributed by atoms with E-state index in [1.54, 1.807) is 14.2 Å². The first kappa shape index (κ1) is 16.3. The normalized spacial score (nSPS) is 13.6. The molecule has 2 aromatic carbocycles. The topological polar surface area (TPSA) is 47.6 Å². The van der Waals surface area contributed by atoms with Crippen LogP contribution in [0.15, 0.2) is 36.4 Å². The van der Waals surface area contributed by atoms with Gasteiger partial charge in [0, 0.05) is 23.6 Å². The molecule has 1 unspecified atom stereocenters. The standard InChI is InChI=1S/C18H23NO3/c1-5-12-18(2,22-4)17(20)19-15-10-11-16(21-3)14-9-7-6-8-13(14)15/h6-11H,5,12H2,1-4H3,(H,19,20). The van der Waals surface area contributed by atoms with Gasteiger partial charge in [0.15, 0.2) is 0 Å². The fourth-order valence-corrected chi connectivity index (χ4v) is 2.60. The number of fused-ring (bicyclic) bond motifs is 1. The highest BCUT2D eigenvalue weighted by atomic mass is 16.5. The minimum atomic E-state index is -0.824. The van der Waals surface area contributed by atoms with Crippen LogP contribution in [0.4, 0.5) is 5.69 Å². The molecular formula is C18H23NO3. The van der Waals surface area contributed by atoms with Crippen LogP contribution in [-0.4, -0.2) is 25.7 Å². The van der Waals surface area contributed by atoms with E-state index < -0.39 is 5.60 Å². The number of carbonyl (C=O) groups excluding carboxylic acids is 1. The van der Waals surface area contributed by atoms with E-state index in [0.29, 0.717) is 6.42 Å². The lowest BCUT2D eigenvalue weighted by Gasteiger charge is -2.26. The molecule has 0 aliphatic rings. The Labute approximate surface area is 131 Å². The third-order valence-electron chi connectivity index (χ3n) is 4.01. The van der Waals surface area contributed by atoms with Crippen LogP contribution in [0, 0.1) is 0 Å². The summed E-state index contributed by atoms with van der Waals surface area (Å²) in [5, 5.41) is 4.91. The zero-order valence-electron chi connectivity index (χ0n) is 13.6. The third kappa shape index (κ3) is 3.07. The van der Waals surface area contributed by atoms with Crippen molar-refractivity contribution in [3.05, 3.63) is 36.4 Å². The Morgan fingerprint density at radius 1 is 1.14 bits per heavy atom. The monoisotopic (exact) mass is 301 g/mol. The Morgan fingerprint density at radius 2 is 1.82 bits per heavy atom. The minimum absolute atomic E-state index is 0.132. The average Bonchev–Trinajstić information content (AvgIpc) is 2.55. The van der Waals surface area contributed by atoms with Crippen LogP contribution in [-0.2, 0) is 9.53 Å². The molecule has 0 spiro atoms. The Morgan fingerprint density at radius 3 is 2.41 bits per heavy atom. The van der Waals surface area contributed by atoms with Crippen LogP contribution in [0.3, 0.4) is 0 Å². The number of benzene rings is 2. The molecule has 118 valence electrons. The average molecular weight is 301 g/mol. The molecule has 1 atom stereocenters. The smallest absolute Gasteiger partial charge is 0.256 e. The molecular weight excluding hydrogens is 278 g/mol. The lowest BCUT2D eigenvalue weighted by atomic mass is 9.98. The lowest BCUT2D eigenvalue weighted by molar-refractivity contribution is -0.136. The maximum Gasteiger partial charge on any atom is 0.256 e. The Balaban J connectivity index is 2.38. The fraction of sp³-hybridized carbons (Fsp3) is 0.389. The van der Waals surface area contributed by atoms with E-state index in [1.807, 2.05) is 50.2 Å². The van der Waals surface area contributed by atoms with Gasteiger partial charge in [-0.15, -0.1) is 0 Å². The molecule has 2 rings (SSSR count). The molecule has 1 amide bonds.